The molecular weight excluding hydrogens is 304 g/mol. The van der Waals surface area contributed by atoms with Gasteiger partial charge in [0.1, 0.15) is 0 Å². The molecule has 23 heavy (non-hydrogen) atoms. The number of aromatic nitrogens is 1. The summed E-state index contributed by atoms with van der Waals surface area (Å²) in [5.74, 6) is 0.840. The lowest BCUT2D eigenvalue weighted by Gasteiger charge is -2.11. The zero-order chi connectivity index (χ0) is 16.1. The summed E-state index contributed by atoms with van der Waals surface area (Å²) >= 11 is 1.71. The molecule has 0 fully saturated rings. The van der Waals surface area contributed by atoms with Crippen LogP contribution in [0.25, 0.3) is 10.9 Å². The van der Waals surface area contributed by atoms with Crippen LogP contribution in [-0.4, -0.2) is 24.5 Å². The number of H-pyrrole nitrogens is 1. The van der Waals surface area contributed by atoms with Crippen LogP contribution < -0.4 is 10.6 Å². The average Bonchev–Trinajstić information content (AvgIpc) is 3.21. The highest BCUT2D eigenvalue weighted by molar-refractivity contribution is 7.07. The summed E-state index contributed by atoms with van der Waals surface area (Å²) in [5, 5.41) is 12.3. The molecule has 0 aliphatic heterocycles. The van der Waals surface area contributed by atoms with Crippen molar-refractivity contribution in [3.63, 3.8) is 0 Å². The molecule has 0 saturated carbocycles. The van der Waals surface area contributed by atoms with Crippen LogP contribution in [0, 0.1) is 6.92 Å². The van der Waals surface area contributed by atoms with E-state index in [1.165, 1.54) is 27.6 Å². The fraction of sp³-hybridized carbons (Fsp3) is 0.278. The minimum atomic E-state index is 0.801. The molecule has 3 N–H and O–H groups in total. The third-order valence-corrected chi connectivity index (χ3v) is 4.69. The van der Waals surface area contributed by atoms with Gasteiger partial charge in [-0.2, -0.15) is 11.3 Å². The zero-order valence-electron chi connectivity index (χ0n) is 13.5. The van der Waals surface area contributed by atoms with Crippen molar-refractivity contribution in [2.75, 3.05) is 13.6 Å². The quantitative estimate of drug-likeness (QED) is 0.497. The number of rotatable bonds is 5. The normalized spacial score (nSPS) is 11.8. The molecule has 0 unspecified atom stereocenters. The van der Waals surface area contributed by atoms with Gasteiger partial charge >= 0.3 is 0 Å². The van der Waals surface area contributed by atoms with Crippen molar-refractivity contribution in [2.24, 2.45) is 4.99 Å². The number of hydrogen-bond acceptors (Lipinski definition) is 2. The Morgan fingerprint density at radius 2 is 2.17 bits per heavy atom. The van der Waals surface area contributed by atoms with Crippen LogP contribution in [-0.2, 0) is 13.0 Å². The van der Waals surface area contributed by atoms with Gasteiger partial charge in [0, 0.05) is 37.2 Å². The SMILES string of the molecule is CN=C(NCCc1c[nH]c2c(C)cccc12)NCc1ccsc1. The number of hydrogen-bond donors (Lipinski definition) is 3. The van der Waals surface area contributed by atoms with E-state index in [2.05, 4.69) is 68.8 Å². The monoisotopic (exact) mass is 326 g/mol. The number of benzene rings is 1. The van der Waals surface area contributed by atoms with Crippen LogP contribution in [0.4, 0.5) is 0 Å². The van der Waals surface area contributed by atoms with Gasteiger partial charge in [0.15, 0.2) is 5.96 Å². The van der Waals surface area contributed by atoms with Crippen molar-refractivity contribution in [3.8, 4) is 0 Å². The third-order valence-electron chi connectivity index (χ3n) is 3.96. The maximum absolute atomic E-state index is 4.27. The van der Waals surface area contributed by atoms with Crippen molar-refractivity contribution in [2.45, 2.75) is 19.9 Å². The first-order chi connectivity index (χ1) is 11.3. The highest BCUT2D eigenvalue weighted by atomic mass is 32.1. The molecule has 3 rings (SSSR count). The Kier molecular flexibility index (Phi) is 4.98. The Bertz CT molecular complexity index is 787. The molecule has 0 aliphatic rings. The van der Waals surface area contributed by atoms with E-state index in [9.17, 15) is 0 Å². The molecule has 0 bridgehead atoms. The molecule has 0 amide bonds. The number of aryl methyl sites for hydroxylation is 1. The molecule has 0 atom stereocenters. The lowest BCUT2D eigenvalue weighted by atomic mass is 10.1. The number of para-hydroxylation sites is 1. The van der Waals surface area contributed by atoms with Crippen LogP contribution in [0.2, 0.25) is 0 Å². The number of nitrogens with one attached hydrogen (secondary N) is 3. The third kappa shape index (κ3) is 3.74. The maximum atomic E-state index is 4.27. The van der Waals surface area contributed by atoms with Crippen molar-refractivity contribution in [1.29, 1.82) is 0 Å². The first-order valence-electron chi connectivity index (χ1n) is 7.79. The van der Waals surface area contributed by atoms with Crippen molar-refractivity contribution >= 4 is 28.2 Å². The van der Waals surface area contributed by atoms with Gasteiger partial charge in [-0.05, 0) is 46.9 Å². The molecule has 0 spiro atoms. The largest absolute Gasteiger partial charge is 0.361 e. The molecule has 4 nitrogen and oxygen atoms in total. The van der Waals surface area contributed by atoms with Crippen LogP contribution in [0.5, 0.6) is 0 Å². The van der Waals surface area contributed by atoms with E-state index in [0.29, 0.717) is 0 Å². The van der Waals surface area contributed by atoms with E-state index in [0.717, 1.165) is 25.5 Å². The van der Waals surface area contributed by atoms with Crippen LogP contribution >= 0.6 is 11.3 Å². The number of aliphatic imine (C=N–C) groups is 1. The standard InChI is InChI=1S/C18H22N4S/c1-13-4-3-5-16-15(11-21-17(13)16)6-8-20-18(19-2)22-10-14-7-9-23-12-14/h3-5,7,9,11-12,21H,6,8,10H2,1-2H3,(H2,19,20,22). The molecule has 0 radical (unpaired) electrons. The summed E-state index contributed by atoms with van der Waals surface area (Å²) in [5.41, 5.74) is 5.15. The number of aromatic amines is 1. The number of thiophene rings is 1. The number of nitrogens with zero attached hydrogens (tertiary/aromatic N) is 1. The van der Waals surface area contributed by atoms with E-state index in [4.69, 9.17) is 0 Å². The Hall–Kier alpha value is -2.27. The van der Waals surface area contributed by atoms with Gasteiger partial charge in [-0.15, -0.1) is 0 Å². The highest BCUT2D eigenvalue weighted by Crippen LogP contribution is 2.21. The first-order valence-corrected chi connectivity index (χ1v) is 8.73. The number of fused-ring (bicyclic) bond motifs is 1. The summed E-state index contributed by atoms with van der Waals surface area (Å²) in [6.45, 7) is 3.79. The van der Waals surface area contributed by atoms with Crippen molar-refractivity contribution in [1.82, 2.24) is 15.6 Å². The van der Waals surface area contributed by atoms with Gasteiger partial charge in [0.25, 0.3) is 0 Å². The summed E-state index contributed by atoms with van der Waals surface area (Å²) < 4.78 is 0. The molecule has 1 aromatic carbocycles. The van der Waals surface area contributed by atoms with Crippen LogP contribution in [0.1, 0.15) is 16.7 Å². The summed E-state index contributed by atoms with van der Waals surface area (Å²) in [4.78, 5) is 7.65. The van der Waals surface area contributed by atoms with E-state index >= 15 is 0 Å². The van der Waals surface area contributed by atoms with Gasteiger partial charge in [-0.1, -0.05) is 18.2 Å². The average molecular weight is 326 g/mol. The molecule has 0 saturated heterocycles. The van der Waals surface area contributed by atoms with Crippen molar-refractivity contribution < 1.29 is 0 Å². The predicted molar refractivity (Wildman–Crippen MR) is 99.3 cm³/mol. The fourth-order valence-electron chi connectivity index (χ4n) is 2.69. The van der Waals surface area contributed by atoms with Gasteiger partial charge < -0.3 is 15.6 Å². The minimum Gasteiger partial charge on any atom is -0.361 e. The van der Waals surface area contributed by atoms with Gasteiger partial charge in [-0.25, -0.2) is 0 Å². The Morgan fingerprint density at radius 1 is 1.26 bits per heavy atom. The molecule has 120 valence electrons. The topological polar surface area (TPSA) is 52.2 Å². The fourth-order valence-corrected chi connectivity index (χ4v) is 3.35. The lowest BCUT2D eigenvalue weighted by Crippen LogP contribution is -2.37. The Morgan fingerprint density at radius 3 is 2.96 bits per heavy atom. The van der Waals surface area contributed by atoms with Crippen LogP contribution in [0.15, 0.2) is 46.2 Å². The van der Waals surface area contributed by atoms with E-state index < -0.39 is 0 Å². The second-order valence-electron chi connectivity index (χ2n) is 5.55. The molecule has 2 aromatic heterocycles. The zero-order valence-corrected chi connectivity index (χ0v) is 14.3. The van der Waals surface area contributed by atoms with Gasteiger partial charge in [0.05, 0.1) is 0 Å². The minimum absolute atomic E-state index is 0.801. The van der Waals surface area contributed by atoms with Crippen molar-refractivity contribution in [3.05, 3.63) is 57.9 Å². The highest BCUT2D eigenvalue weighted by Gasteiger charge is 2.05. The molecule has 2 heterocycles. The smallest absolute Gasteiger partial charge is 0.191 e. The Labute approximate surface area is 140 Å². The summed E-state index contributed by atoms with van der Waals surface area (Å²) in [6.07, 6.45) is 3.07. The lowest BCUT2D eigenvalue weighted by molar-refractivity contribution is 0.797. The van der Waals surface area contributed by atoms with E-state index in [1.54, 1.807) is 18.4 Å². The first kappa shape index (κ1) is 15.6. The predicted octanol–water partition coefficient (Wildman–Crippen LogP) is 3.45. The summed E-state index contributed by atoms with van der Waals surface area (Å²) in [7, 11) is 1.80. The number of guanidine groups is 1. The Balaban J connectivity index is 1.54. The molecule has 0 aliphatic carbocycles. The molecular formula is C18H22N4S. The van der Waals surface area contributed by atoms with Crippen LogP contribution in [0.3, 0.4) is 0 Å². The second-order valence-corrected chi connectivity index (χ2v) is 6.33. The molecule has 5 heteroatoms. The van der Waals surface area contributed by atoms with E-state index in [-0.39, 0.29) is 0 Å². The summed E-state index contributed by atoms with van der Waals surface area (Å²) in [6, 6.07) is 8.55. The maximum Gasteiger partial charge on any atom is 0.191 e. The second kappa shape index (κ2) is 7.33. The van der Waals surface area contributed by atoms with E-state index in [1.807, 2.05) is 0 Å². The van der Waals surface area contributed by atoms with Gasteiger partial charge in [0.2, 0.25) is 0 Å². The van der Waals surface area contributed by atoms with Gasteiger partial charge in [-0.3, -0.25) is 4.99 Å². The molecule has 3 aromatic rings.